The first-order valence-electron chi connectivity index (χ1n) is 4.97. The van der Waals surface area contributed by atoms with Gasteiger partial charge in [-0.05, 0) is 18.6 Å². The number of rotatable bonds is 4. The lowest BCUT2D eigenvalue weighted by Crippen LogP contribution is -2.00. The Balaban J connectivity index is 1.90. The van der Waals surface area contributed by atoms with Gasteiger partial charge in [0.15, 0.2) is 11.5 Å². The van der Waals surface area contributed by atoms with Gasteiger partial charge in [0.1, 0.15) is 0 Å². The molecule has 0 saturated carbocycles. The highest BCUT2D eigenvalue weighted by atomic mass is 16.7. The van der Waals surface area contributed by atoms with Crippen LogP contribution in [0.25, 0.3) is 0 Å². The molecule has 0 unspecified atom stereocenters. The topological polar surface area (TPSA) is 30.5 Å². The average Bonchev–Trinajstić information content (AvgIpc) is 2.71. The smallest absolute Gasteiger partial charge is 0.231 e. The predicted octanol–water partition coefficient (Wildman–Crippen LogP) is 2.24. The van der Waals surface area contributed by atoms with Crippen LogP contribution in [0.3, 0.4) is 0 Å². The number of anilines is 1. The molecule has 1 aliphatic rings. The number of ether oxygens (including phenoxy) is 2. The van der Waals surface area contributed by atoms with E-state index in [-0.39, 0.29) is 0 Å². The van der Waals surface area contributed by atoms with Gasteiger partial charge in [0.25, 0.3) is 0 Å². The van der Waals surface area contributed by atoms with Crippen LogP contribution < -0.4 is 14.8 Å². The van der Waals surface area contributed by atoms with Crippen molar-refractivity contribution >= 4 is 5.69 Å². The molecule has 0 aromatic heterocycles. The van der Waals surface area contributed by atoms with E-state index in [2.05, 4.69) is 11.2 Å². The monoisotopic (exact) mass is 203 g/mol. The first-order valence-corrected chi connectivity index (χ1v) is 4.97. The van der Waals surface area contributed by atoms with Gasteiger partial charge in [0.2, 0.25) is 6.79 Å². The number of fused-ring (bicyclic) bond motifs is 1. The second-order valence-corrected chi connectivity index (χ2v) is 3.30. The summed E-state index contributed by atoms with van der Waals surface area (Å²) < 4.78 is 10.5. The minimum absolute atomic E-state index is 0.315. The zero-order valence-corrected chi connectivity index (χ0v) is 8.45. The molecule has 0 atom stereocenters. The fraction of sp³-hybridized carbons (Fsp3) is 0.333. The molecule has 1 N–H and O–H groups in total. The first-order chi connectivity index (χ1) is 7.40. The highest BCUT2D eigenvalue weighted by Gasteiger charge is 2.12. The Hall–Kier alpha value is -1.82. The van der Waals surface area contributed by atoms with Crippen LogP contribution in [-0.2, 0) is 0 Å². The Bertz CT molecular complexity index is 382. The molecule has 15 heavy (non-hydrogen) atoms. The summed E-state index contributed by atoms with van der Waals surface area (Å²) in [6.45, 7) is 1.19. The molecule has 1 aromatic carbocycles. The molecule has 0 fully saturated rings. The van der Waals surface area contributed by atoms with E-state index in [1.807, 2.05) is 18.2 Å². The maximum absolute atomic E-state index is 5.27. The van der Waals surface area contributed by atoms with E-state index in [0.29, 0.717) is 6.79 Å². The molecule has 1 aliphatic heterocycles. The number of hydrogen-bond acceptors (Lipinski definition) is 3. The SMILES string of the molecule is C#CCCCNc1ccc2c(c1)OCO2. The van der Waals surface area contributed by atoms with Crippen LogP contribution in [0.4, 0.5) is 5.69 Å². The van der Waals surface area contributed by atoms with Gasteiger partial charge < -0.3 is 14.8 Å². The molecular weight excluding hydrogens is 190 g/mol. The molecule has 1 heterocycles. The van der Waals surface area contributed by atoms with E-state index in [1.165, 1.54) is 0 Å². The van der Waals surface area contributed by atoms with Gasteiger partial charge >= 0.3 is 0 Å². The zero-order chi connectivity index (χ0) is 10.5. The summed E-state index contributed by atoms with van der Waals surface area (Å²) in [5, 5.41) is 3.28. The molecule has 0 amide bonds. The molecule has 3 heteroatoms. The Labute approximate surface area is 89.4 Å². The second kappa shape index (κ2) is 4.61. The quantitative estimate of drug-likeness (QED) is 0.601. The van der Waals surface area contributed by atoms with Crippen molar-refractivity contribution in [2.24, 2.45) is 0 Å². The lowest BCUT2D eigenvalue weighted by Gasteiger charge is -2.05. The molecule has 1 aromatic rings. The minimum atomic E-state index is 0.315. The van der Waals surface area contributed by atoms with Gasteiger partial charge in [0, 0.05) is 24.7 Å². The summed E-state index contributed by atoms with van der Waals surface area (Å²) in [6.07, 6.45) is 6.95. The Kier molecular flexibility index (Phi) is 2.99. The van der Waals surface area contributed by atoms with Gasteiger partial charge in [-0.15, -0.1) is 12.3 Å². The van der Waals surface area contributed by atoms with Gasteiger partial charge in [-0.25, -0.2) is 0 Å². The van der Waals surface area contributed by atoms with Gasteiger partial charge in [-0.1, -0.05) is 0 Å². The summed E-state index contributed by atoms with van der Waals surface area (Å²) in [5.41, 5.74) is 1.04. The Morgan fingerprint density at radius 3 is 3.07 bits per heavy atom. The summed E-state index contributed by atoms with van der Waals surface area (Å²) in [4.78, 5) is 0. The molecular formula is C12H13NO2. The van der Waals surface area contributed by atoms with Crippen LogP contribution in [-0.4, -0.2) is 13.3 Å². The molecule has 0 radical (unpaired) electrons. The van der Waals surface area contributed by atoms with Crippen molar-refractivity contribution < 1.29 is 9.47 Å². The van der Waals surface area contributed by atoms with Crippen molar-refractivity contribution in [3.05, 3.63) is 18.2 Å². The van der Waals surface area contributed by atoms with Crippen LogP contribution in [0.2, 0.25) is 0 Å². The van der Waals surface area contributed by atoms with Crippen molar-refractivity contribution in [3.63, 3.8) is 0 Å². The maximum Gasteiger partial charge on any atom is 0.231 e. The summed E-state index contributed by atoms with van der Waals surface area (Å²) in [7, 11) is 0. The zero-order valence-electron chi connectivity index (χ0n) is 8.45. The lowest BCUT2D eigenvalue weighted by atomic mass is 10.2. The second-order valence-electron chi connectivity index (χ2n) is 3.30. The molecule has 0 saturated heterocycles. The van der Waals surface area contributed by atoms with E-state index in [1.54, 1.807) is 0 Å². The van der Waals surface area contributed by atoms with E-state index < -0.39 is 0 Å². The molecule has 0 aliphatic carbocycles. The number of terminal acetylenes is 1. The van der Waals surface area contributed by atoms with Crippen LogP contribution in [0, 0.1) is 12.3 Å². The summed E-state index contributed by atoms with van der Waals surface area (Å²) in [6, 6.07) is 5.83. The van der Waals surface area contributed by atoms with Crippen LogP contribution in [0.5, 0.6) is 11.5 Å². The van der Waals surface area contributed by atoms with E-state index in [9.17, 15) is 0 Å². The van der Waals surface area contributed by atoms with Crippen LogP contribution >= 0.6 is 0 Å². The van der Waals surface area contributed by atoms with E-state index in [0.717, 1.165) is 36.6 Å². The molecule has 78 valence electrons. The standard InChI is InChI=1S/C12H13NO2/c1-2-3-4-7-13-10-5-6-11-12(8-10)15-9-14-11/h1,5-6,8,13H,3-4,7,9H2. The molecule has 2 rings (SSSR count). The molecule has 3 nitrogen and oxygen atoms in total. The number of benzene rings is 1. The maximum atomic E-state index is 5.27. The van der Waals surface area contributed by atoms with Crippen molar-refractivity contribution in [2.45, 2.75) is 12.8 Å². The lowest BCUT2D eigenvalue weighted by molar-refractivity contribution is 0.174. The van der Waals surface area contributed by atoms with Gasteiger partial charge in [-0.2, -0.15) is 0 Å². The Morgan fingerprint density at radius 1 is 1.33 bits per heavy atom. The van der Waals surface area contributed by atoms with Crippen molar-refractivity contribution in [1.29, 1.82) is 0 Å². The first kappa shape index (κ1) is 9.72. The molecule has 0 spiro atoms. The van der Waals surface area contributed by atoms with E-state index in [4.69, 9.17) is 15.9 Å². The number of nitrogens with one attached hydrogen (secondary N) is 1. The Morgan fingerprint density at radius 2 is 2.20 bits per heavy atom. The summed E-state index contributed by atoms with van der Waals surface area (Å²) >= 11 is 0. The third-order valence-electron chi connectivity index (χ3n) is 2.20. The average molecular weight is 203 g/mol. The van der Waals surface area contributed by atoms with E-state index >= 15 is 0 Å². The van der Waals surface area contributed by atoms with Crippen molar-refractivity contribution in [2.75, 3.05) is 18.7 Å². The van der Waals surface area contributed by atoms with Crippen molar-refractivity contribution in [1.82, 2.24) is 0 Å². The third-order valence-corrected chi connectivity index (χ3v) is 2.20. The fourth-order valence-corrected chi connectivity index (χ4v) is 1.43. The largest absolute Gasteiger partial charge is 0.454 e. The fourth-order valence-electron chi connectivity index (χ4n) is 1.43. The number of unbranched alkanes of at least 4 members (excludes halogenated alkanes) is 1. The minimum Gasteiger partial charge on any atom is -0.454 e. The van der Waals surface area contributed by atoms with Crippen LogP contribution in [0.15, 0.2) is 18.2 Å². The highest BCUT2D eigenvalue weighted by Crippen LogP contribution is 2.34. The van der Waals surface area contributed by atoms with Gasteiger partial charge in [-0.3, -0.25) is 0 Å². The summed E-state index contributed by atoms with van der Waals surface area (Å²) in [5.74, 6) is 4.22. The normalized spacial score (nSPS) is 12.2. The molecule has 0 bridgehead atoms. The third kappa shape index (κ3) is 2.35. The predicted molar refractivity (Wildman–Crippen MR) is 59.1 cm³/mol. The number of hydrogen-bond donors (Lipinski definition) is 1. The van der Waals surface area contributed by atoms with Gasteiger partial charge in [0.05, 0.1) is 0 Å². The highest BCUT2D eigenvalue weighted by molar-refractivity contribution is 5.55. The van der Waals surface area contributed by atoms with Crippen molar-refractivity contribution in [3.8, 4) is 23.8 Å². The van der Waals surface area contributed by atoms with Crippen LogP contribution in [0.1, 0.15) is 12.8 Å².